The maximum Gasteiger partial charge on any atom is 0.287 e. The molecule has 6 heteroatoms. The summed E-state index contributed by atoms with van der Waals surface area (Å²) in [5.41, 5.74) is 0.209. The summed E-state index contributed by atoms with van der Waals surface area (Å²) in [6.07, 6.45) is 7.55. The summed E-state index contributed by atoms with van der Waals surface area (Å²) in [5.74, 6) is 0.874. The molecule has 1 N–H and O–H groups in total. The molecule has 2 heterocycles. The Balaban J connectivity index is 1.87. The molecule has 1 aliphatic heterocycles. The van der Waals surface area contributed by atoms with E-state index in [1.54, 1.807) is 12.1 Å². The average Bonchev–Trinajstić information content (AvgIpc) is 2.49. The zero-order chi connectivity index (χ0) is 14.0. The van der Waals surface area contributed by atoms with Gasteiger partial charge in [0, 0.05) is 25.7 Å². The van der Waals surface area contributed by atoms with Gasteiger partial charge in [0.2, 0.25) is 0 Å². The van der Waals surface area contributed by atoms with Gasteiger partial charge in [-0.15, -0.1) is 0 Å². The summed E-state index contributed by atoms with van der Waals surface area (Å²) in [7, 11) is 0. The first kappa shape index (κ1) is 13.3. The molecule has 0 unspecified atom stereocenters. The molecule has 2 fully saturated rings. The van der Waals surface area contributed by atoms with Crippen LogP contribution in [0.2, 0.25) is 0 Å². The van der Waals surface area contributed by atoms with E-state index in [-0.39, 0.29) is 11.2 Å². The molecule has 2 aliphatic rings. The van der Waals surface area contributed by atoms with Gasteiger partial charge in [-0.1, -0.05) is 19.3 Å². The van der Waals surface area contributed by atoms with E-state index in [1.807, 2.05) is 0 Å². The van der Waals surface area contributed by atoms with Gasteiger partial charge in [0.05, 0.1) is 10.5 Å². The number of aromatic nitrogens is 1. The van der Waals surface area contributed by atoms with Gasteiger partial charge >= 0.3 is 0 Å². The van der Waals surface area contributed by atoms with Crippen LogP contribution in [-0.2, 0) is 0 Å². The van der Waals surface area contributed by atoms with Crippen LogP contribution in [-0.4, -0.2) is 35.1 Å². The van der Waals surface area contributed by atoms with Gasteiger partial charge in [-0.3, -0.25) is 10.1 Å². The molecule has 1 aromatic rings. The normalized spacial score (nSPS) is 21.9. The SMILES string of the molecule is O=[N+]([O-])c1ccc(N2CCNCC23CCCCC3)nc1. The number of anilines is 1. The van der Waals surface area contributed by atoms with Crippen molar-refractivity contribution in [1.82, 2.24) is 10.3 Å². The standard InChI is InChI=1S/C14H20N4O2/c19-18(20)12-4-5-13(16-10-12)17-9-8-15-11-14(17)6-2-1-3-7-14/h4-5,10,15H,1-3,6-9,11H2. The molecule has 0 aromatic carbocycles. The molecule has 0 bridgehead atoms. The number of hydrogen-bond donors (Lipinski definition) is 1. The smallest absolute Gasteiger partial charge is 0.287 e. The predicted octanol–water partition coefficient (Wildman–Crippen LogP) is 2.10. The largest absolute Gasteiger partial charge is 0.348 e. The fraction of sp³-hybridized carbons (Fsp3) is 0.643. The minimum atomic E-state index is -0.398. The monoisotopic (exact) mass is 276 g/mol. The summed E-state index contributed by atoms with van der Waals surface area (Å²) < 4.78 is 0. The number of hydrogen-bond acceptors (Lipinski definition) is 5. The lowest BCUT2D eigenvalue weighted by molar-refractivity contribution is -0.385. The van der Waals surface area contributed by atoms with Crippen LogP contribution in [0.25, 0.3) is 0 Å². The highest BCUT2D eigenvalue weighted by Gasteiger charge is 2.40. The Morgan fingerprint density at radius 3 is 2.75 bits per heavy atom. The number of nitrogens with one attached hydrogen (secondary N) is 1. The van der Waals surface area contributed by atoms with E-state index in [9.17, 15) is 10.1 Å². The van der Waals surface area contributed by atoms with E-state index in [1.165, 1.54) is 38.3 Å². The summed E-state index contributed by atoms with van der Waals surface area (Å²) in [5, 5.41) is 14.2. The van der Waals surface area contributed by atoms with E-state index in [2.05, 4.69) is 15.2 Å². The fourth-order valence-corrected chi connectivity index (χ4v) is 3.50. The van der Waals surface area contributed by atoms with Crippen LogP contribution in [0, 0.1) is 10.1 Å². The van der Waals surface area contributed by atoms with Crippen LogP contribution < -0.4 is 10.2 Å². The lowest BCUT2D eigenvalue weighted by Gasteiger charge is -2.50. The van der Waals surface area contributed by atoms with Crippen molar-refractivity contribution in [1.29, 1.82) is 0 Å². The molecule has 0 atom stereocenters. The molecule has 3 rings (SSSR count). The first-order valence-corrected chi connectivity index (χ1v) is 7.30. The molecule has 1 spiro atoms. The number of pyridine rings is 1. The lowest BCUT2D eigenvalue weighted by atomic mass is 9.79. The Hall–Kier alpha value is -1.69. The minimum Gasteiger partial charge on any atom is -0.348 e. The first-order valence-electron chi connectivity index (χ1n) is 7.30. The molecule has 0 radical (unpaired) electrons. The number of piperazine rings is 1. The quantitative estimate of drug-likeness (QED) is 0.661. The molecule has 1 aliphatic carbocycles. The van der Waals surface area contributed by atoms with Gasteiger partial charge < -0.3 is 10.2 Å². The third kappa shape index (κ3) is 2.35. The minimum absolute atomic E-state index is 0.0570. The van der Waals surface area contributed by atoms with Crippen LogP contribution in [0.3, 0.4) is 0 Å². The molecule has 20 heavy (non-hydrogen) atoms. The number of rotatable bonds is 2. The zero-order valence-electron chi connectivity index (χ0n) is 11.5. The second kappa shape index (κ2) is 5.36. The summed E-state index contributed by atoms with van der Waals surface area (Å²) >= 11 is 0. The summed E-state index contributed by atoms with van der Waals surface area (Å²) in [6, 6.07) is 3.35. The van der Waals surface area contributed by atoms with Crippen molar-refractivity contribution in [3.05, 3.63) is 28.4 Å². The van der Waals surface area contributed by atoms with Gasteiger partial charge in [-0.25, -0.2) is 4.98 Å². The zero-order valence-corrected chi connectivity index (χ0v) is 11.5. The maximum absolute atomic E-state index is 10.7. The number of nitro groups is 1. The Morgan fingerprint density at radius 2 is 2.10 bits per heavy atom. The summed E-state index contributed by atoms with van der Waals surface area (Å²) in [6.45, 7) is 2.86. The van der Waals surface area contributed by atoms with Gasteiger partial charge in [-0.2, -0.15) is 0 Å². The topological polar surface area (TPSA) is 71.3 Å². The van der Waals surface area contributed by atoms with Crippen LogP contribution in [0.1, 0.15) is 32.1 Å². The van der Waals surface area contributed by atoms with E-state index in [0.29, 0.717) is 0 Å². The molecule has 108 valence electrons. The summed E-state index contributed by atoms with van der Waals surface area (Å²) in [4.78, 5) is 17.0. The van der Waals surface area contributed by atoms with Crippen molar-refractivity contribution in [2.75, 3.05) is 24.5 Å². The van der Waals surface area contributed by atoms with Crippen LogP contribution in [0.5, 0.6) is 0 Å². The highest BCUT2D eigenvalue weighted by atomic mass is 16.6. The maximum atomic E-state index is 10.7. The molecule has 1 aromatic heterocycles. The highest BCUT2D eigenvalue weighted by Crippen LogP contribution is 2.37. The van der Waals surface area contributed by atoms with Crippen LogP contribution in [0.4, 0.5) is 11.5 Å². The third-order valence-electron chi connectivity index (χ3n) is 4.54. The molecule has 1 saturated heterocycles. The van der Waals surface area contributed by atoms with Gasteiger partial charge in [-0.05, 0) is 18.9 Å². The molecule has 1 saturated carbocycles. The van der Waals surface area contributed by atoms with E-state index in [0.717, 1.165) is 25.5 Å². The molecular formula is C14H20N4O2. The number of nitrogens with zero attached hydrogens (tertiary/aromatic N) is 3. The molecule has 6 nitrogen and oxygen atoms in total. The second-order valence-corrected chi connectivity index (χ2v) is 5.75. The Kier molecular flexibility index (Phi) is 3.56. The van der Waals surface area contributed by atoms with Crippen LogP contribution in [0.15, 0.2) is 18.3 Å². The van der Waals surface area contributed by atoms with Crippen molar-refractivity contribution < 1.29 is 4.92 Å². The van der Waals surface area contributed by atoms with Crippen molar-refractivity contribution in [2.24, 2.45) is 0 Å². The van der Waals surface area contributed by atoms with Crippen molar-refractivity contribution in [3.63, 3.8) is 0 Å². The van der Waals surface area contributed by atoms with E-state index < -0.39 is 4.92 Å². The second-order valence-electron chi connectivity index (χ2n) is 5.75. The molecule has 0 amide bonds. The van der Waals surface area contributed by atoms with Crippen molar-refractivity contribution in [2.45, 2.75) is 37.6 Å². The third-order valence-corrected chi connectivity index (χ3v) is 4.54. The average molecular weight is 276 g/mol. The van der Waals surface area contributed by atoms with Gasteiger partial charge in [0.1, 0.15) is 12.0 Å². The fourth-order valence-electron chi connectivity index (χ4n) is 3.50. The Morgan fingerprint density at radius 1 is 1.30 bits per heavy atom. The highest BCUT2D eigenvalue weighted by molar-refractivity contribution is 5.46. The van der Waals surface area contributed by atoms with E-state index >= 15 is 0 Å². The van der Waals surface area contributed by atoms with Crippen molar-refractivity contribution in [3.8, 4) is 0 Å². The predicted molar refractivity (Wildman–Crippen MR) is 76.9 cm³/mol. The molecular weight excluding hydrogens is 256 g/mol. The van der Waals surface area contributed by atoms with Gasteiger partial charge in [0.15, 0.2) is 0 Å². The van der Waals surface area contributed by atoms with Gasteiger partial charge in [0.25, 0.3) is 5.69 Å². The van der Waals surface area contributed by atoms with E-state index in [4.69, 9.17) is 0 Å². The van der Waals surface area contributed by atoms with Crippen LogP contribution >= 0.6 is 0 Å². The van der Waals surface area contributed by atoms with Crippen molar-refractivity contribution >= 4 is 11.5 Å². The lowest BCUT2D eigenvalue weighted by Crippen LogP contribution is -2.62. The first-order chi connectivity index (χ1) is 9.71. The Labute approximate surface area is 118 Å². The Bertz CT molecular complexity index is 474.